The first-order valence-electron chi connectivity index (χ1n) is 8.89. The van der Waals surface area contributed by atoms with Crippen LogP contribution in [-0.2, 0) is 22.6 Å². The smallest absolute Gasteiger partial charge is 0.251 e. The van der Waals surface area contributed by atoms with E-state index in [1.165, 1.54) is 0 Å². The molecule has 0 radical (unpaired) electrons. The van der Waals surface area contributed by atoms with E-state index < -0.39 is 5.91 Å². The van der Waals surface area contributed by atoms with Crippen molar-refractivity contribution in [1.29, 1.82) is 0 Å². The van der Waals surface area contributed by atoms with Gasteiger partial charge in [-0.15, -0.1) is 0 Å². The molecule has 1 aliphatic rings. The Balaban J connectivity index is 1.64. The van der Waals surface area contributed by atoms with E-state index in [2.05, 4.69) is 16.0 Å². The molecule has 2 aromatic rings. The normalized spacial score (nSPS) is 15.3. The molecule has 0 unspecified atom stereocenters. The minimum Gasteiger partial charge on any atom is -0.369 e. The number of nitrogens with zero attached hydrogens (tertiary/aromatic N) is 2. The van der Waals surface area contributed by atoms with Crippen LogP contribution in [0.2, 0.25) is 0 Å². The Hall–Kier alpha value is -2.67. The summed E-state index contributed by atoms with van der Waals surface area (Å²) >= 11 is 0. The molecule has 26 heavy (non-hydrogen) atoms. The summed E-state index contributed by atoms with van der Waals surface area (Å²) in [4.78, 5) is 41.7. The third kappa shape index (κ3) is 4.11. The molecular weight excluding hydrogens is 332 g/mol. The van der Waals surface area contributed by atoms with Crippen LogP contribution in [0, 0.1) is 0 Å². The highest BCUT2D eigenvalue weighted by molar-refractivity contribution is 5.96. The van der Waals surface area contributed by atoms with Crippen molar-refractivity contribution >= 4 is 22.7 Å². The van der Waals surface area contributed by atoms with Crippen LogP contribution in [0.4, 0.5) is 0 Å². The molecule has 2 heterocycles. The number of H-pyrrole nitrogens is 1. The van der Waals surface area contributed by atoms with Gasteiger partial charge < -0.3 is 15.6 Å². The van der Waals surface area contributed by atoms with Crippen LogP contribution in [0.25, 0.3) is 10.9 Å². The van der Waals surface area contributed by atoms with Crippen LogP contribution < -0.4 is 11.3 Å². The van der Waals surface area contributed by atoms with E-state index in [-0.39, 0.29) is 17.9 Å². The number of nitrogens with one attached hydrogen (secondary N) is 1. The van der Waals surface area contributed by atoms with E-state index in [0.717, 1.165) is 41.7 Å². The summed E-state index contributed by atoms with van der Waals surface area (Å²) in [7, 11) is 0. The predicted octanol–water partition coefficient (Wildman–Crippen LogP) is 0.610. The molecule has 3 N–H and O–H groups in total. The van der Waals surface area contributed by atoms with E-state index in [4.69, 9.17) is 5.73 Å². The fraction of sp³-hybridized carbons (Fsp3) is 0.421. The number of fused-ring (bicyclic) bond motifs is 1. The molecule has 1 fully saturated rings. The topological polar surface area (TPSA) is 99.5 Å². The van der Waals surface area contributed by atoms with Crippen molar-refractivity contribution in [3.63, 3.8) is 0 Å². The zero-order valence-electron chi connectivity index (χ0n) is 15.0. The van der Waals surface area contributed by atoms with Gasteiger partial charge in [-0.3, -0.25) is 19.3 Å². The predicted molar refractivity (Wildman–Crippen MR) is 99.6 cm³/mol. The molecule has 1 saturated heterocycles. The molecule has 7 nitrogen and oxygen atoms in total. The number of piperazine rings is 1. The van der Waals surface area contributed by atoms with E-state index in [0.29, 0.717) is 19.5 Å². The number of nitrogens with two attached hydrogens (primary N) is 1. The lowest BCUT2D eigenvalue weighted by atomic mass is 10.1. The fourth-order valence-electron chi connectivity index (χ4n) is 3.33. The molecule has 3 rings (SSSR count). The number of carbonyl (C=O) groups excluding carboxylic acids is 2. The maximum absolute atomic E-state index is 12.0. The number of hydrogen-bond acceptors (Lipinski definition) is 4. The van der Waals surface area contributed by atoms with Crippen molar-refractivity contribution in [3.8, 4) is 0 Å². The first kappa shape index (κ1) is 18.1. The molecule has 1 aliphatic heterocycles. The van der Waals surface area contributed by atoms with Gasteiger partial charge in [0.25, 0.3) is 5.56 Å². The summed E-state index contributed by atoms with van der Waals surface area (Å²) in [6.07, 6.45) is 0.490. The summed E-state index contributed by atoms with van der Waals surface area (Å²) in [5, 5.41) is 1.03. The molecule has 138 valence electrons. The van der Waals surface area contributed by atoms with Gasteiger partial charge in [-0.1, -0.05) is 19.1 Å². The summed E-state index contributed by atoms with van der Waals surface area (Å²) in [5.41, 5.74) is 7.81. The monoisotopic (exact) mass is 356 g/mol. The molecular formula is C19H24N4O3. The van der Waals surface area contributed by atoms with Gasteiger partial charge in [0.2, 0.25) is 11.8 Å². The van der Waals surface area contributed by atoms with Gasteiger partial charge in [0.1, 0.15) is 6.42 Å². The lowest BCUT2D eigenvalue weighted by Gasteiger charge is -2.34. The zero-order valence-corrected chi connectivity index (χ0v) is 15.0. The van der Waals surface area contributed by atoms with Crippen LogP contribution in [0.3, 0.4) is 0 Å². The third-order valence-corrected chi connectivity index (χ3v) is 4.82. The Morgan fingerprint density at radius 1 is 1.15 bits per heavy atom. The van der Waals surface area contributed by atoms with Gasteiger partial charge in [-0.05, 0) is 29.5 Å². The number of hydrogen-bond donors (Lipinski definition) is 2. The van der Waals surface area contributed by atoms with E-state index in [9.17, 15) is 14.4 Å². The maximum Gasteiger partial charge on any atom is 0.251 e. The first-order chi connectivity index (χ1) is 12.5. The summed E-state index contributed by atoms with van der Waals surface area (Å²) in [6.45, 7) is 5.40. The second kappa shape index (κ2) is 7.70. The fourth-order valence-corrected chi connectivity index (χ4v) is 3.33. The lowest BCUT2D eigenvalue weighted by molar-refractivity contribution is -0.136. The largest absolute Gasteiger partial charge is 0.369 e. The molecule has 0 bridgehead atoms. The van der Waals surface area contributed by atoms with Crippen molar-refractivity contribution in [3.05, 3.63) is 45.7 Å². The zero-order chi connectivity index (χ0) is 18.7. The Morgan fingerprint density at radius 2 is 1.88 bits per heavy atom. The quantitative estimate of drug-likeness (QED) is 0.767. The second-order valence-corrected chi connectivity index (χ2v) is 6.70. The number of pyridine rings is 1. The van der Waals surface area contributed by atoms with Crippen LogP contribution >= 0.6 is 0 Å². The lowest BCUT2D eigenvalue weighted by Crippen LogP contribution is -2.48. The molecule has 0 atom stereocenters. The SMILES string of the molecule is CCc1cc2ccc(CN3CCN(C(=O)CC(N)=O)CC3)cc2[nH]c1=O. The average Bonchev–Trinajstić information content (AvgIpc) is 2.61. The molecule has 1 aromatic heterocycles. The number of rotatable bonds is 5. The van der Waals surface area contributed by atoms with Gasteiger partial charge >= 0.3 is 0 Å². The van der Waals surface area contributed by atoms with Crippen molar-refractivity contribution in [2.24, 2.45) is 5.73 Å². The summed E-state index contributed by atoms with van der Waals surface area (Å²) in [5.74, 6) is -0.791. The minimum absolute atomic E-state index is 0.0290. The first-order valence-corrected chi connectivity index (χ1v) is 8.89. The van der Waals surface area contributed by atoms with Crippen LogP contribution in [0.15, 0.2) is 29.1 Å². The van der Waals surface area contributed by atoms with Crippen molar-refractivity contribution in [2.75, 3.05) is 26.2 Å². The Morgan fingerprint density at radius 3 is 2.54 bits per heavy atom. The molecule has 2 amide bonds. The standard InChI is InChI=1S/C19H24N4O3/c1-2-14-10-15-4-3-13(9-16(15)21-19(14)26)12-22-5-7-23(8-6-22)18(25)11-17(20)24/h3-4,9-10H,2,5-8,11-12H2,1H3,(H2,20,24)(H,21,26). The highest BCUT2D eigenvalue weighted by Crippen LogP contribution is 2.16. The Kier molecular flexibility index (Phi) is 5.37. The van der Waals surface area contributed by atoms with Crippen molar-refractivity contribution in [2.45, 2.75) is 26.3 Å². The summed E-state index contributed by atoms with van der Waals surface area (Å²) < 4.78 is 0. The highest BCUT2D eigenvalue weighted by Gasteiger charge is 2.22. The molecule has 1 aromatic carbocycles. The molecule has 7 heteroatoms. The van der Waals surface area contributed by atoms with E-state index in [1.54, 1.807) is 4.90 Å². The number of benzene rings is 1. The molecule has 0 spiro atoms. The third-order valence-electron chi connectivity index (χ3n) is 4.82. The molecule has 0 aliphatic carbocycles. The maximum atomic E-state index is 12.0. The number of carbonyl (C=O) groups is 2. The van der Waals surface area contributed by atoms with E-state index >= 15 is 0 Å². The number of aromatic amines is 1. The van der Waals surface area contributed by atoms with Crippen LogP contribution in [0.5, 0.6) is 0 Å². The van der Waals surface area contributed by atoms with E-state index in [1.807, 2.05) is 25.1 Å². The van der Waals surface area contributed by atoms with Crippen molar-refractivity contribution in [1.82, 2.24) is 14.8 Å². The second-order valence-electron chi connectivity index (χ2n) is 6.70. The average molecular weight is 356 g/mol. The molecule has 0 saturated carbocycles. The van der Waals surface area contributed by atoms with Gasteiger partial charge in [0.05, 0.1) is 0 Å². The van der Waals surface area contributed by atoms with Gasteiger partial charge in [-0.25, -0.2) is 0 Å². The van der Waals surface area contributed by atoms with Gasteiger partial charge in [0.15, 0.2) is 0 Å². The number of primary amides is 1. The van der Waals surface area contributed by atoms with Crippen molar-refractivity contribution < 1.29 is 9.59 Å². The Labute approximate surface area is 151 Å². The number of amides is 2. The van der Waals surface area contributed by atoms with Crippen LogP contribution in [0.1, 0.15) is 24.5 Å². The number of aryl methyl sites for hydroxylation is 1. The Bertz CT molecular complexity index is 882. The number of aromatic nitrogens is 1. The van der Waals surface area contributed by atoms with Crippen LogP contribution in [-0.4, -0.2) is 52.8 Å². The highest BCUT2D eigenvalue weighted by atomic mass is 16.2. The summed E-state index contributed by atoms with van der Waals surface area (Å²) in [6, 6.07) is 8.07. The van der Waals surface area contributed by atoms with Gasteiger partial charge in [0, 0.05) is 43.8 Å². The minimum atomic E-state index is -0.589. The van der Waals surface area contributed by atoms with Gasteiger partial charge in [-0.2, -0.15) is 0 Å².